The summed E-state index contributed by atoms with van der Waals surface area (Å²) in [6.45, 7) is 6.44. The zero-order valence-corrected chi connectivity index (χ0v) is 21.5. The number of carbonyl (C=O) groups excluding carboxylic acids is 2. The van der Waals surface area contributed by atoms with Crippen molar-refractivity contribution < 1.29 is 27.1 Å². The zero-order chi connectivity index (χ0) is 26.0. The Morgan fingerprint density at radius 2 is 1.69 bits per heavy atom. The van der Waals surface area contributed by atoms with Crippen molar-refractivity contribution in [3.63, 3.8) is 0 Å². The maximum Gasteiger partial charge on any atom is 0.242 e. The van der Waals surface area contributed by atoms with Gasteiger partial charge in [0.2, 0.25) is 21.8 Å². The fourth-order valence-corrected chi connectivity index (χ4v) is 4.54. The predicted molar refractivity (Wildman–Crippen MR) is 134 cm³/mol. The molecule has 0 radical (unpaired) electrons. The second-order valence-electron chi connectivity index (χ2n) is 8.08. The van der Waals surface area contributed by atoms with Gasteiger partial charge >= 0.3 is 0 Å². The molecule has 0 fully saturated rings. The number of benzene rings is 2. The van der Waals surface area contributed by atoms with Gasteiger partial charge in [0.1, 0.15) is 17.6 Å². The first kappa shape index (κ1) is 28.1. The molecular formula is C25H34FN3O5S. The Morgan fingerprint density at radius 1 is 1.06 bits per heavy atom. The van der Waals surface area contributed by atoms with E-state index in [1.165, 1.54) is 21.3 Å². The summed E-state index contributed by atoms with van der Waals surface area (Å²) in [6.07, 6.45) is 1.40. The van der Waals surface area contributed by atoms with Gasteiger partial charge in [0.05, 0.1) is 18.6 Å². The zero-order valence-electron chi connectivity index (χ0n) is 20.7. The Balaban J connectivity index is 2.13. The number of hydrogen-bond donors (Lipinski definition) is 1. The Morgan fingerprint density at radius 3 is 2.23 bits per heavy atom. The lowest BCUT2D eigenvalue weighted by molar-refractivity contribution is -0.140. The van der Waals surface area contributed by atoms with Crippen molar-refractivity contribution in [2.24, 2.45) is 0 Å². The van der Waals surface area contributed by atoms with Crippen molar-refractivity contribution >= 4 is 27.5 Å². The smallest absolute Gasteiger partial charge is 0.242 e. The molecular weight excluding hydrogens is 473 g/mol. The lowest BCUT2D eigenvalue weighted by Gasteiger charge is -2.29. The third kappa shape index (κ3) is 8.54. The molecule has 0 aliphatic heterocycles. The summed E-state index contributed by atoms with van der Waals surface area (Å²) >= 11 is 0. The van der Waals surface area contributed by atoms with Crippen LogP contribution in [0.2, 0.25) is 0 Å². The molecule has 2 aromatic rings. The minimum Gasteiger partial charge on any atom is -0.494 e. The highest BCUT2D eigenvalue weighted by molar-refractivity contribution is 7.92. The Kier molecular flexibility index (Phi) is 10.5. The van der Waals surface area contributed by atoms with E-state index in [9.17, 15) is 22.4 Å². The van der Waals surface area contributed by atoms with Crippen LogP contribution in [0.15, 0.2) is 48.5 Å². The second kappa shape index (κ2) is 13.1. The van der Waals surface area contributed by atoms with Gasteiger partial charge in [-0.05, 0) is 69.2 Å². The van der Waals surface area contributed by atoms with Crippen LogP contribution in [0.3, 0.4) is 0 Å². The van der Waals surface area contributed by atoms with Gasteiger partial charge in [0.25, 0.3) is 0 Å². The summed E-state index contributed by atoms with van der Waals surface area (Å²) in [5, 5.41) is 2.71. The Labute approximate surface area is 207 Å². The van der Waals surface area contributed by atoms with Crippen molar-refractivity contribution in [1.82, 2.24) is 10.2 Å². The molecule has 8 nitrogen and oxygen atoms in total. The van der Waals surface area contributed by atoms with Crippen LogP contribution in [0.5, 0.6) is 5.75 Å². The number of ether oxygens (including phenoxy) is 1. The molecule has 0 unspecified atom stereocenters. The highest BCUT2D eigenvalue weighted by atomic mass is 32.2. The molecule has 2 aromatic carbocycles. The lowest BCUT2D eigenvalue weighted by atomic mass is 10.1. The molecule has 0 bridgehead atoms. The quantitative estimate of drug-likeness (QED) is 0.449. The van der Waals surface area contributed by atoms with E-state index in [0.717, 1.165) is 6.26 Å². The highest BCUT2D eigenvalue weighted by Gasteiger charge is 2.26. The summed E-state index contributed by atoms with van der Waals surface area (Å²) in [6, 6.07) is 11.7. The SMILES string of the molecule is CCNC(=O)[C@@H](C)N(Cc1ccc(F)cc1)C(=O)CCCN(c1ccc(OCC)cc1)S(C)(=O)=O. The van der Waals surface area contributed by atoms with Crippen molar-refractivity contribution in [2.75, 3.05) is 30.3 Å². The van der Waals surface area contributed by atoms with E-state index in [-0.39, 0.29) is 37.7 Å². The molecule has 0 saturated carbocycles. The maximum absolute atomic E-state index is 13.3. The third-order valence-electron chi connectivity index (χ3n) is 5.37. The van der Waals surface area contributed by atoms with Gasteiger partial charge in [-0.3, -0.25) is 13.9 Å². The van der Waals surface area contributed by atoms with Gasteiger partial charge in [-0.2, -0.15) is 0 Å². The van der Waals surface area contributed by atoms with Gasteiger partial charge in [-0.1, -0.05) is 12.1 Å². The van der Waals surface area contributed by atoms with Gasteiger partial charge in [0.15, 0.2) is 0 Å². The molecule has 1 N–H and O–H groups in total. The number of likely N-dealkylation sites (N-methyl/N-ethyl adjacent to an activating group) is 1. The standard InChI is InChI=1S/C25H34FN3O5S/c1-5-27-25(31)19(3)28(18-20-9-11-21(26)12-10-20)24(30)8-7-17-29(35(4,32)33)22-13-15-23(16-14-22)34-6-2/h9-16,19H,5-8,17-18H2,1-4H3,(H,27,31)/t19-/m1/s1. The number of nitrogens with zero attached hydrogens (tertiary/aromatic N) is 2. The average Bonchev–Trinajstić information content (AvgIpc) is 2.81. The number of hydrogen-bond acceptors (Lipinski definition) is 5. The van der Waals surface area contributed by atoms with Crippen LogP contribution in [0.4, 0.5) is 10.1 Å². The second-order valence-corrected chi connectivity index (χ2v) is 9.99. The van der Waals surface area contributed by atoms with Crippen LogP contribution in [-0.2, 0) is 26.2 Å². The largest absolute Gasteiger partial charge is 0.494 e. The highest BCUT2D eigenvalue weighted by Crippen LogP contribution is 2.22. The van der Waals surface area contributed by atoms with E-state index in [4.69, 9.17) is 4.74 Å². The fraction of sp³-hybridized carbons (Fsp3) is 0.440. The molecule has 0 aliphatic rings. The topological polar surface area (TPSA) is 96.0 Å². The Bertz CT molecular complexity index is 1080. The van der Waals surface area contributed by atoms with Crippen molar-refractivity contribution in [3.8, 4) is 5.75 Å². The van der Waals surface area contributed by atoms with E-state index in [0.29, 0.717) is 30.2 Å². The summed E-state index contributed by atoms with van der Waals surface area (Å²) in [5.74, 6) is -0.349. The minimum absolute atomic E-state index is 0.0357. The summed E-state index contributed by atoms with van der Waals surface area (Å²) < 4.78 is 44.8. The van der Waals surface area contributed by atoms with Crippen molar-refractivity contribution in [3.05, 3.63) is 59.9 Å². The molecule has 10 heteroatoms. The van der Waals surface area contributed by atoms with E-state index in [2.05, 4.69) is 5.32 Å². The molecule has 2 rings (SSSR count). The number of sulfonamides is 1. The van der Waals surface area contributed by atoms with Crippen molar-refractivity contribution in [1.29, 1.82) is 0 Å². The molecule has 2 amide bonds. The van der Waals surface area contributed by atoms with E-state index in [1.807, 2.05) is 6.92 Å². The number of rotatable bonds is 13. The molecule has 0 spiro atoms. The monoisotopic (exact) mass is 507 g/mol. The van der Waals surface area contributed by atoms with Crippen LogP contribution >= 0.6 is 0 Å². The normalized spacial score (nSPS) is 12.0. The molecule has 192 valence electrons. The molecule has 0 saturated heterocycles. The number of halogens is 1. The molecule has 0 aromatic heterocycles. The van der Waals surface area contributed by atoms with E-state index < -0.39 is 21.9 Å². The molecule has 1 atom stereocenters. The van der Waals surface area contributed by atoms with Crippen molar-refractivity contribution in [2.45, 2.75) is 46.2 Å². The molecule has 0 aliphatic carbocycles. The number of nitrogens with one attached hydrogen (secondary N) is 1. The molecule has 35 heavy (non-hydrogen) atoms. The lowest BCUT2D eigenvalue weighted by Crippen LogP contribution is -2.47. The first-order chi connectivity index (χ1) is 16.6. The van der Waals surface area contributed by atoms with E-state index in [1.54, 1.807) is 50.2 Å². The van der Waals surface area contributed by atoms with Gasteiger partial charge in [-0.25, -0.2) is 12.8 Å². The summed E-state index contributed by atoms with van der Waals surface area (Å²) in [7, 11) is -3.58. The van der Waals surface area contributed by atoms with Gasteiger partial charge in [0, 0.05) is 26.1 Å². The van der Waals surface area contributed by atoms with Gasteiger partial charge in [-0.15, -0.1) is 0 Å². The first-order valence-corrected chi connectivity index (χ1v) is 13.4. The van der Waals surface area contributed by atoms with Crippen LogP contribution in [-0.4, -0.2) is 57.1 Å². The van der Waals surface area contributed by atoms with Gasteiger partial charge < -0.3 is 15.0 Å². The predicted octanol–water partition coefficient (Wildman–Crippen LogP) is 3.32. The Hall–Kier alpha value is -3.14. The summed E-state index contributed by atoms with van der Waals surface area (Å²) in [4.78, 5) is 27.0. The minimum atomic E-state index is -3.58. The number of anilines is 1. The van der Waals surface area contributed by atoms with E-state index >= 15 is 0 Å². The average molecular weight is 508 g/mol. The fourth-order valence-electron chi connectivity index (χ4n) is 3.57. The van der Waals surface area contributed by atoms with Crippen LogP contribution in [0.25, 0.3) is 0 Å². The number of amides is 2. The summed E-state index contributed by atoms with van der Waals surface area (Å²) in [5.41, 5.74) is 1.16. The maximum atomic E-state index is 13.3. The third-order valence-corrected chi connectivity index (χ3v) is 6.57. The molecule has 0 heterocycles. The van der Waals surface area contributed by atoms with Crippen LogP contribution in [0.1, 0.15) is 39.2 Å². The number of carbonyl (C=O) groups is 2. The van der Waals surface area contributed by atoms with Crippen LogP contribution in [0, 0.1) is 5.82 Å². The van der Waals surface area contributed by atoms with Crippen LogP contribution < -0.4 is 14.4 Å². The first-order valence-electron chi connectivity index (χ1n) is 11.6.